The van der Waals surface area contributed by atoms with Gasteiger partial charge in [-0.1, -0.05) is 35.0 Å². The van der Waals surface area contributed by atoms with Crippen molar-refractivity contribution >= 4 is 10.0 Å². The van der Waals surface area contributed by atoms with E-state index in [1.807, 2.05) is 31.2 Å². The monoisotopic (exact) mass is 387 g/mol. The van der Waals surface area contributed by atoms with Gasteiger partial charge in [-0.05, 0) is 20.3 Å². The molecule has 1 fully saturated rings. The van der Waals surface area contributed by atoms with Crippen molar-refractivity contribution in [3.8, 4) is 11.4 Å². The van der Waals surface area contributed by atoms with Crippen LogP contribution in [0.25, 0.3) is 11.4 Å². The van der Waals surface area contributed by atoms with Crippen molar-refractivity contribution in [2.24, 2.45) is 7.05 Å². The smallest absolute Gasteiger partial charge is 0.246 e. The van der Waals surface area contributed by atoms with Gasteiger partial charge in [-0.15, -0.1) is 0 Å². The van der Waals surface area contributed by atoms with E-state index in [1.165, 1.54) is 10.5 Å². The Morgan fingerprint density at radius 2 is 1.93 bits per heavy atom. The standard InChI is InChI=1S/C18H21N5O3S/c1-12-4-6-14(7-5-12)17-20-18(26-21-17)15-8-9-23(11-15)27(24,25)16-10-19-22(3)13(16)2/h4-7,10,15H,8-9,11H2,1-3H3/t15-/m0/s1. The summed E-state index contributed by atoms with van der Waals surface area (Å²) >= 11 is 0. The minimum atomic E-state index is -3.58. The number of sulfonamides is 1. The van der Waals surface area contributed by atoms with Crippen molar-refractivity contribution in [1.82, 2.24) is 24.2 Å². The van der Waals surface area contributed by atoms with E-state index in [0.29, 0.717) is 36.9 Å². The number of nitrogens with zero attached hydrogens (tertiary/aromatic N) is 5. The Morgan fingerprint density at radius 3 is 2.59 bits per heavy atom. The number of hydrogen-bond acceptors (Lipinski definition) is 6. The summed E-state index contributed by atoms with van der Waals surface area (Å²) in [4.78, 5) is 4.73. The quantitative estimate of drug-likeness (QED) is 0.682. The van der Waals surface area contributed by atoms with Crippen molar-refractivity contribution in [1.29, 1.82) is 0 Å². The Morgan fingerprint density at radius 1 is 1.19 bits per heavy atom. The lowest BCUT2D eigenvalue weighted by Gasteiger charge is -2.15. The molecule has 3 heterocycles. The van der Waals surface area contributed by atoms with Gasteiger partial charge in [0.15, 0.2) is 0 Å². The molecule has 4 rings (SSSR count). The maximum absolute atomic E-state index is 12.9. The molecule has 1 aliphatic heterocycles. The number of rotatable bonds is 4. The van der Waals surface area contributed by atoms with Crippen LogP contribution in [0.3, 0.4) is 0 Å². The van der Waals surface area contributed by atoms with E-state index < -0.39 is 10.0 Å². The first kappa shape index (κ1) is 17.9. The molecule has 8 nitrogen and oxygen atoms in total. The molecule has 9 heteroatoms. The zero-order valence-electron chi connectivity index (χ0n) is 15.5. The molecule has 0 unspecified atom stereocenters. The second kappa shape index (κ2) is 6.58. The molecule has 0 radical (unpaired) electrons. The van der Waals surface area contributed by atoms with Crippen LogP contribution in [0.4, 0.5) is 0 Å². The van der Waals surface area contributed by atoms with Crippen LogP contribution in [-0.4, -0.2) is 45.7 Å². The molecule has 142 valence electrons. The van der Waals surface area contributed by atoms with Gasteiger partial charge in [0.1, 0.15) is 4.90 Å². The largest absolute Gasteiger partial charge is 0.339 e. The zero-order chi connectivity index (χ0) is 19.2. The number of aromatic nitrogens is 4. The van der Waals surface area contributed by atoms with E-state index in [9.17, 15) is 8.42 Å². The predicted octanol–water partition coefficient (Wildman–Crippen LogP) is 2.27. The number of hydrogen-bond donors (Lipinski definition) is 0. The molecule has 0 spiro atoms. The molecule has 1 aliphatic rings. The molecular weight excluding hydrogens is 366 g/mol. The average molecular weight is 387 g/mol. The van der Waals surface area contributed by atoms with Gasteiger partial charge < -0.3 is 4.52 Å². The average Bonchev–Trinajstić information content (AvgIpc) is 3.36. The third-order valence-electron chi connectivity index (χ3n) is 5.06. The molecule has 0 N–H and O–H groups in total. The highest BCUT2D eigenvalue weighted by Gasteiger charge is 2.37. The molecule has 0 bridgehead atoms. The summed E-state index contributed by atoms with van der Waals surface area (Å²) in [7, 11) is -1.85. The molecule has 27 heavy (non-hydrogen) atoms. The van der Waals surface area contributed by atoms with Crippen LogP contribution in [0.2, 0.25) is 0 Å². The fourth-order valence-electron chi connectivity index (χ4n) is 3.24. The highest BCUT2D eigenvalue weighted by Crippen LogP contribution is 2.32. The van der Waals surface area contributed by atoms with Gasteiger partial charge in [0.25, 0.3) is 0 Å². The van der Waals surface area contributed by atoms with Crippen molar-refractivity contribution in [3.63, 3.8) is 0 Å². The molecule has 1 aromatic carbocycles. The van der Waals surface area contributed by atoms with Gasteiger partial charge >= 0.3 is 0 Å². The van der Waals surface area contributed by atoms with Crippen LogP contribution in [0.1, 0.15) is 29.5 Å². The lowest BCUT2D eigenvalue weighted by atomic mass is 10.1. The van der Waals surface area contributed by atoms with Gasteiger partial charge in [0, 0.05) is 25.7 Å². The molecule has 3 aromatic rings. The molecule has 0 saturated carbocycles. The van der Waals surface area contributed by atoms with Crippen LogP contribution in [-0.2, 0) is 17.1 Å². The molecule has 0 aliphatic carbocycles. The maximum Gasteiger partial charge on any atom is 0.246 e. The van der Waals surface area contributed by atoms with E-state index >= 15 is 0 Å². The SMILES string of the molecule is Cc1ccc(-c2noc([C@H]3CCN(S(=O)(=O)c4cnn(C)c4C)C3)n2)cc1. The summed E-state index contributed by atoms with van der Waals surface area (Å²) in [5.74, 6) is 0.893. The van der Waals surface area contributed by atoms with Crippen molar-refractivity contribution in [3.05, 3.63) is 47.6 Å². The minimum Gasteiger partial charge on any atom is -0.339 e. The summed E-state index contributed by atoms with van der Waals surface area (Å²) in [6.07, 6.45) is 2.05. The first-order valence-corrected chi connectivity index (χ1v) is 10.2. The molecule has 1 saturated heterocycles. The second-order valence-corrected chi connectivity index (χ2v) is 8.80. The van der Waals surface area contributed by atoms with Crippen molar-refractivity contribution in [2.75, 3.05) is 13.1 Å². The van der Waals surface area contributed by atoms with Crippen LogP contribution in [0, 0.1) is 13.8 Å². The minimum absolute atomic E-state index is 0.108. The molecular formula is C18H21N5O3S. The van der Waals surface area contributed by atoms with Gasteiger partial charge in [0.2, 0.25) is 21.7 Å². The maximum atomic E-state index is 12.9. The summed E-state index contributed by atoms with van der Waals surface area (Å²) in [5.41, 5.74) is 2.66. The van der Waals surface area contributed by atoms with Crippen molar-refractivity contribution < 1.29 is 12.9 Å². The van der Waals surface area contributed by atoms with Crippen LogP contribution < -0.4 is 0 Å². The van der Waals surface area contributed by atoms with Crippen LogP contribution in [0.15, 0.2) is 39.9 Å². The van der Waals surface area contributed by atoms with Gasteiger partial charge in [0.05, 0.1) is 17.8 Å². The van der Waals surface area contributed by atoms with E-state index in [-0.39, 0.29) is 10.8 Å². The fraction of sp³-hybridized carbons (Fsp3) is 0.389. The molecule has 2 aromatic heterocycles. The number of aryl methyl sites for hydroxylation is 2. The van der Waals surface area contributed by atoms with E-state index in [0.717, 1.165) is 11.1 Å². The predicted molar refractivity (Wildman–Crippen MR) is 98.5 cm³/mol. The Kier molecular flexibility index (Phi) is 4.35. The lowest BCUT2D eigenvalue weighted by Crippen LogP contribution is -2.29. The summed E-state index contributed by atoms with van der Waals surface area (Å²) in [6.45, 7) is 4.51. The molecule has 1 atom stereocenters. The Labute approximate surface area is 157 Å². The zero-order valence-corrected chi connectivity index (χ0v) is 16.3. The van der Waals surface area contributed by atoms with Gasteiger partial charge in [-0.3, -0.25) is 4.68 Å². The van der Waals surface area contributed by atoms with Crippen LogP contribution in [0.5, 0.6) is 0 Å². The topological polar surface area (TPSA) is 94.1 Å². The Balaban J connectivity index is 1.53. The highest BCUT2D eigenvalue weighted by molar-refractivity contribution is 7.89. The summed E-state index contributed by atoms with van der Waals surface area (Å²) < 4.78 is 34.3. The van der Waals surface area contributed by atoms with E-state index in [2.05, 4.69) is 15.2 Å². The third-order valence-corrected chi connectivity index (χ3v) is 7.03. The van der Waals surface area contributed by atoms with Gasteiger partial charge in [-0.25, -0.2) is 8.42 Å². The third kappa shape index (κ3) is 3.17. The molecule has 0 amide bonds. The Hall–Kier alpha value is -2.52. The fourth-order valence-corrected chi connectivity index (χ4v) is 4.93. The first-order valence-electron chi connectivity index (χ1n) is 8.75. The summed E-state index contributed by atoms with van der Waals surface area (Å²) in [6, 6.07) is 7.87. The Bertz CT molecular complexity index is 1070. The van der Waals surface area contributed by atoms with Crippen molar-refractivity contribution in [2.45, 2.75) is 31.1 Å². The van der Waals surface area contributed by atoms with Gasteiger partial charge in [-0.2, -0.15) is 14.4 Å². The normalized spacial score (nSPS) is 18.3. The summed E-state index contributed by atoms with van der Waals surface area (Å²) in [5, 5.41) is 8.10. The highest BCUT2D eigenvalue weighted by atomic mass is 32.2. The number of benzene rings is 1. The van der Waals surface area contributed by atoms with Crippen LogP contribution >= 0.6 is 0 Å². The first-order chi connectivity index (χ1) is 12.9. The second-order valence-electron chi connectivity index (χ2n) is 6.89. The lowest BCUT2D eigenvalue weighted by molar-refractivity contribution is 0.354. The van der Waals surface area contributed by atoms with E-state index in [4.69, 9.17) is 4.52 Å². The van der Waals surface area contributed by atoms with E-state index in [1.54, 1.807) is 18.7 Å².